The molecule has 0 atom stereocenters. The maximum absolute atomic E-state index is 13.5. The summed E-state index contributed by atoms with van der Waals surface area (Å²) in [5.74, 6) is -0.185. The Kier molecular flexibility index (Phi) is 6.52. The number of rotatable bonds is 6. The number of thioether (sulfide) groups is 1. The third-order valence-corrected chi connectivity index (χ3v) is 7.38. The minimum Gasteiger partial charge on any atom is -0.384 e. The van der Waals surface area contributed by atoms with E-state index < -0.39 is 0 Å². The van der Waals surface area contributed by atoms with Crippen molar-refractivity contribution in [2.24, 2.45) is 5.73 Å². The van der Waals surface area contributed by atoms with Crippen LogP contribution in [0.25, 0.3) is 21.7 Å². The predicted molar refractivity (Wildman–Crippen MR) is 156 cm³/mol. The van der Waals surface area contributed by atoms with Crippen molar-refractivity contribution in [2.75, 3.05) is 5.32 Å². The van der Waals surface area contributed by atoms with Crippen molar-refractivity contribution in [2.45, 2.75) is 37.0 Å². The second-order valence-corrected chi connectivity index (χ2v) is 12.0. The average Bonchev–Trinajstić information content (AvgIpc) is 3.22. The zero-order valence-corrected chi connectivity index (χ0v) is 22.0. The molecule has 0 bridgehead atoms. The van der Waals surface area contributed by atoms with E-state index in [1.807, 2.05) is 70.9 Å². The summed E-state index contributed by atoms with van der Waals surface area (Å²) in [6, 6.07) is 29.8. The first-order chi connectivity index (χ1) is 17.7. The fourth-order valence-electron chi connectivity index (χ4n) is 4.57. The summed E-state index contributed by atoms with van der Waals surface area (Å²) in [6.07, 6.45) is 0. The van der Waals surface area contributed by atoms with Crippen LogP contribution >= 0.6 is 11.8 Å². The minimum absolute atomic E-state index is 0.000977. The first kappa shape index (κ1) is 24.7. The van der Waals surface area contributed by atoms with E-state index in [2.05, 4.69) is 62.5 Å². The molecule has 5 rings (SSSR count). The van der Waals surface area contributed by atoms with Crippen LogP contribution in [0.5, 0.6) is 0 Å². The van der Waals surface area contributed by atoms with Gasteiger partial charge in [-0.25, -0.2) is 0 Å². The zero-order chi connectivity index (χ0) is 26.2. The molecule has 37 heavy (non-hydrogen) atoms. The third-order valence-electron chi connectivity index (χ3n) is 6.20. The highest BCUT2D eigenvalue weighted by atomic mass is 32.2. The lowest BCUT2D eigenvalue weighted by Gasteiger charge is -2.20. The molecule has 5 nitrogen and oxygen atoms in total. The second kappa shape index (κ2) is 9.79. The van der Waals surface area contributed by atoms with Gasteiger partial charge in [-0.2, -0.15) is 0 Å². The Hall–Kier alpha value is -4.03. The predicted octanol–water partition coefficient (Wildman–Crippen LogP) is 7.27. The Morgan fingerprint density at radius 2 is 1.65 bits per heavy atom. The molecule has 0 saturated heterocycles. The van der Waals surface area contributed by atoms with E-state index in [1.54, 1.807) is 0 Å². The number of para-hydroxylation sites is 1. The van der Waals surface area contributed by atoms with Crippen LogP contribution in [0, 0.1) is 5.41 Å². The van der Waals surface area contributed by atoms with E-state index in [0.717, 1.165) is 27.5 Å². The number of carbonyl (C=O) groups excluding carboxylic acids is 1. The van der Waals surface area contributed by atoms with E-state index in [-0.39, 0.29) is 16.5 Å². The third kappa shape index (κ3) is 5.25. The molecule has 0 aliphatic rings. The standard InChI is InChI=1S/C31H30N4OS/c1-31(2,3)37-28-14-8-12-24-22(9-7-13-25(24)28)19-35-26-18-21(29(32)33)16-15-20(26)17-27(35)30(36)34-23-10-5-4-6-11-23/h4-18H,19H2,1-3H3,(H3,32,33)(H,34,36). The second-order valence-electron chi connectivity index (χ2n) is 10.1. The van der Waals surface area contributed by atoms with Gasteiger partial charge in [-0.05, 0) is 46.7 Å². The Balaban J connectivity index is 1.64. The lowest BCUT2D eigenvalue weighted by Crippen LogP contribution is -2.18. The van der Waals surface area contributed by atoms with Crippen molar-refractivity contribution in [3.05, 3.63) is 108 Å². The monoisotopic (exact) mass is 506 g/mol. The number of nitrogen functional groups attached to an aromatic ring is 1. The number of anilines is 1. The van der Waals surface area contributed by atoms with E-state index in [0.29, 0.717) is 17.8 Å². The zero-order valence-electron chi connectivity index (χ0n) is 21.2. The van der Waals surface area contributed by atoms with Crippen LogP contribution in [-0.4, -0.2) is 21.1 Å². The molecule has 1 heterocycles. The fourth-order valence-corrected chi connectivity index (χ4v) is 5.66. The van der Waals surface area contributed by atoms with Crippen LogP contribution in [0.3, 0.4) is 0 Å². The summed E-state index contributed by atoms with van der Waals surface area (Å²) in [6.45, 7) is 7.16. The van der Waals surface area contributed by atoms with E-state index in [4.69, 9.17) is 11.1 Å². The summed E-state index contributed by atoms with van der Waals surface area (Å²) >= 11 is 1.86. The number of aromatic nitrogens is 1. The fraction of sp³-hybridized carbons (Fsp3) is 0.161. The molecule has 0 fully saturated rings. The van der Waals surface area contributed by atoms with Gasteiger partial charge < -0.3 is 15.6 Å². The number of carbonyl (C=O) groups is 1. The van der Waals surface area contributed by atoms with Crippen LogP contribution < -0.4 is 11.1 Å². The molecule has 1 aromatic heterocycles. The van der Waals surface area contributed by atoms with Gasteiger partial charge >= 0.3 is 0 Å². The summed E-state index contributed by atoms with van der Waals surface area (Å²) < 4.78 is 2.12. The number of amidine groups is 1. The van der Waals surface area contributed by atoms with Gasteiger partial charge in [-0.1, -0.05) is 81.4 Å². The summed E-state index contributed by atoms with van der Waals surface area (Å²) in [7, 11) is 0. The normalized spacial score (nSPS) is 11.6. The van der Waals surface area contributed by atoms with Crippen molar-refractivity contribution in [3.8, 4) is 0 Å². The molecular weight excluding hydrogens is 476 g/mol. The molecule has 6 heteroatoms. The van der Waals surface area contributed by atoms with Gasteiger partial charge in [0.05, 0.1) is 0 Å². The number of nitrogens with zero attached hydrogens (tertiary/aromatic N) is 1. The van der Waals surface area contributed by atoms with Gasteiger partial charge in [0.15, 0.2) is 0 Å². The minimum atomic E-state index is -0.184. The van der Waals surface area contributed by atoms with Crippen molar-refractivity contribution < 1.29 is 4.79 Å². The summed E-state index contributed by atoms with van der Waals surface area (Å²) in [5.41, 5.74) is 9.71. The highest BCUT2D eigenvalue weighted by molar-refractivity contribution is 8.00. The van der Waals surface area contributed by atoms with E-state index >= 15 is 0 Å². The Morgan fingerprint density at radius 3 is 2.38 bits per heavy atom. The summed E-state index contributed by atoms with van der Waals surface area (Å²) in [5, 5.41) is 14.2. The molecule has 0 aliphatic heterocycles. The molecule has 0 unspecified atom stereocenters. The molecule has 5 aromatic rings. The number of amides is 1. The molecule has 186 valence electrons. The summed E-state index contributed by atoms with van der Waals surface area (Å²) in [4.78, 5) is 14.7. The SMILES string of the molecule is CC(C)(C)Sc1cccc2c(Cn3c(C(=O)Nc4ccccc4)cc4ccc(C(=N)N)cc43)cccc12. The smallest absolute Gasteiger partial charge is 0.272 e. The van der Waals surface area contributed by atoms with Gasteiger partial charge in [0.1, 0.15) is 11.5 Å². The molecular formula is C31H30N4OS. The van der Waals surface area contributed by atoms with Crippen molar-refractivity contribution in [1.82, 2.24) is 4.57 Å². The Labute approximate surface area is 221 Å². The maximum atomic E-state index is 13.5. The van der Waals surface area contributed by atoms with Crippen molar-refractivity contribution in [3.63, 3.8) is 0 Å². The molecule has 4 N–H and O–H groups in total. The first-order valence-electron chi connectivity index (χ1n) is 12.2. The molecule has 0 saturated carbocycles. The lowest BCUT2D eigenvalue weighted by molar-refractivity contribution is 0.101. The number of hydrogen-bond acceptors (Lipinski definition) is 3. The van der Waals surface area contributed by atoms with Gasteiger partial charge in [-0.15, -0.1) is 11.8 Å². The number of benzene rings is 4. The van der Waals surface area contributed by atoms with Crippen LogP contribution in [0.1, 0.15) is 42.4 Å². The number of nitrogens with one attached hydrogen (secondary N) is 2. The lowest BCUT2D eigenvalue weighted by atomic mass is 10.0. The van der Waals surface area contributed by atoms with E-state index in [9.17, 15) is 4.79 Å². The van der Waals surface area contributed by atoms with Crippen molar-refractivity contribution in [1.29, 1.82) is 5.41 Å². The molecule has 0 aliphatic carbocycles. The number of nitrogens with two attached hydrogens (primary N) is 1. The Morgan fingerprint density at radius 1 is 0.919 bits per heavy atom. The molecule has 0 spiro atoms. The highest BCUT2D eigenvalue weighted by Crippen LogP contribution is 2.37. The molecule has 0 radical (unpaired) electrons. The van der Waals surface area contributed by atoms with Crippen LogP contribution in [0.4, 0.5) is 5.69 Å². The van der Waals surface area contributed by atoms with Gasteiger partial charge in [0, 0.05) is 38.3 Å². The quantitative estimate of drug-likeness (QED) is 0.129. The molecule has 1 amide bonds. The van der Waals surface area contributed by atoms with Crippen LogP contribution in [0.2, 0.25) is 0 Å². The van der Waals surface area contributed by atoms with Gasteiger partial charge in [0.25, 0.3) is 5.91 Å². The maximum Gasteiger partial charge on any atom is 0.272 e. The van der Waals surface area contributed by atoms with Crippen LogP contribution in [0.15, 0.2) is 95.9 Å². The number of hydrogen-bond donors (Lipinski definition) is 3. The van der Waals surface area contributed by atoms with Gasteiger partial charge in [-0.3, -0.25) is 10.2 Å². The Bertz CT molecular complexity index is 1630. The molecule has 4 aromatic carbocycles. The van der Waals surface area contributed by atoms with Gasteiger partial charge in [0.2, 0.25) is 0 Å². The first-order valence-corrected chi connectivity index (χ1v) is 13.0. The van der Waals surface area contributed by atoms with Crippen molar-refractivity contribution >= 4 is 50.9 Å². The van der Waals surface area contributed by atoms with Crippen LogP contribution in [-0.2, 0) is 6.54 Å². The number of fused-ring (bicyclic) bond motifs is 2. The largest absolute Gasteiger partial charge is 0.384 e. The highest BCUT2D eigenvalue weighted by Gasteiger charge is 2.19. The van der Waals surface area contributed by atoms with E-state index in [1.165, 1.54) is 10.3 Å². The average molecular weight is 507 g/mol. The topological polar surface area (TPSA) is 83.9 Å².